The van der Waals surface area contributed by atoms with Crippen LogP contribution in [0.15, 0.2) is 65.6 Å². The number of halogens is 1. The van der Waals surface area contributed by atoms with Crippen molar-refractivity contribution in [2.24, 2.45) is 0 Å². The van der Waals surface area contributed by atoms with Crippen molar-refractivity contribution in [3.05, 3.63) is 102 Å². The Balaban J connectivity index is 1.53. The number of thioether (sulfide) groups is 1. The normalized spacial score (nSPS) is 14.4. The van der Waals surface area contributed by atoms with Crippen LogP contribution in [-0.4, -0.2) is 27.6 Å². The van der Waals surface area contributed by atoms with Crippen LogP contribution in [0.25, 0.3) is 6.08 Å². The number of carbonyl (C=O) groups excluding carboxylic acids is 2. The molecule has 1 aliphatic rings. The summed E-state index contributed by atoms with van der Waals surface area (Å²) in [6.07, 6.45) is 1.69. The maximum absolute atomic E-state index is 13.0. The second kappa shape index (κ2) is 11.8. The summed E-state index contributed by atoms with van der Waals surface area (Å²) in [5, 5.41) is 10.6. The van der Waals surface area contributed by atoms with Gasteiger partial charge in [-0.15, -0.1) is 0 Å². The van der Waals surface area contributed by atoms with Gasteiger partial charge >= 0.3 is 0 Å². The number of nitro benzene ring substituents is 1. The molecule has 8 nitrogen and oxygen atoms in total. The molecule has 1 fully saturated rings. The zero-order valence-corrected chi connectivity index (χ0v) is 23.1. The van der Waals surface area contributed by atoms with Crippen LogP contribution in [0.4, 0.5) is 10.5 Å². The zero-order valence-electron chi connectivity index (χ0n) is 20.1. The van der Waals surface area contributed by atoms with Gasteiger partial charge in [0.1, 0.15) is 6.61 Å². The van der Waals surface area contributed by atoms with Crippen LogP contribution < -0.4 is 9.47 Å². The molecule has 3 aromatic rings. The van der Waals surface area contributed by atoms with Crippen LogP contribution in [0, 0.1) is 20.6 Å². The van der Waals surface area contributed by atoms with Crippen molar-refractivity contribution in [1.29, 1.82) is 0 Å². The first-order valence-corrected chi connectivity index (χ1v) is 13.3. The number of imide groups is 1. The average Bonchev–Trinajstić information content (AvgIpc) is 3.11. The molecule has 37 heavy (non-hydrogen) atoms. The molecule has 0 aliphatic carbocycles. The van der Waals surface area contributed by atoms with Gasteiger partial charge in [-0.05, 0) is 95.2 Å². The molecule has 0 aromatic heterocycles. The Hall–Kier alpha value is -3.38. The fraction of sp³-hybridized carbons (Fsp3) is 0.185. The molecular formula is C27H23IN2O6S. The summed E-state index contributed by atoms with van der Waals surface area (Å²) in [5.74, 6) is 0.704. The highest BCUT2D eigenvalue weighted by molar-refractivity contribution is 14.1. The lowest BCUT2D eigenvalue weighted by Gasteiger charge is -2.15. The summed E-state index contributed by atoms with van der Waals surface area (Å²) in [5.41, 5.74) is 3.45. The van der Waals surface area contributed by atoms with Crippen LogP contribution in [-0.2, 0) is 17.9 Å². The van der Waals surface area contributed by atoms with E-state index in [2.05, 4.69) is 22.6 Å². The average molecular weight is 630 g/mol. The SMILES string of the molecule is CCOc1cc(/C=C2\SC(=O)N(Cc3cccc(C)c3)C2=O)cc(I)c1OCc1ccc([N+](=O)[O-])cc1. The molecule has 2 amide bonds. The van der Waals surface area contributed by atoms with Crippen LogP contribution in [0.2, 0.25) is 0 Å². The van der Waals surface area contributed by atoms with E-state index in [4.69, 9.17) is 9.47 Å². The number of nitrogens with zero attached hydrogens (tertiary/aromatic N) is 2. The van der Waals surface area contributed by atoms with Crippen LogP contribution in [0.5, 0.6) is 11.5 Å². The first-order chi connectivity index (χ1) is 17.7. The van der Waals surface area contributed by atoms with Crippen molar-refractivity contribution >= 4 is 57.3 Å². The van der Waals surface area contributed by atoms with E-state index >= 15 is 0 Å². The fourth-order valence-corrected chi connectivity index (χ4v) is 5.34. The predicted molar refractivity (Wildman–Crippen MR) is 150 cm³/mol. The van der Waals surface area contributed by atoms with Crippen molar-refractivity contribution in [2.75, 3.05) is 6.61 Å². The van der Waals surface area contributed by atoms with E-state index < -0.39 is 4.92 Å². The van der Waals surface area contributed by atoms with Gasteiger partial charge in [0.15, 0.2) is 11.5 Å². The largest absolute Gasteiger partial charge is 0.490 e. The molecule has 0 N–H and O–H groups in total. The van der Waals surface area contributed by atoms with Gasteiger partial charge in [-0.1, -0.05) is 29.8 Å². The molecule has 0 radical (unpaired) electrons. The second-order valence-electron chi connectivity index (χ2n) is 8.23. The molecule has 10 heteroatoms. The second-order valence-corrected chi connectivity index (χ2v) is 10.4. The molecule has 4 rings (SSSR count). The lowest BCUT2D eigenvalue weighted by Crippen LogP contribution is -2.27. The van der Waals surface area contributed by atoms with Gasteiger partial charge in [0, 0.05) is 12.1 Å². The monoisotopic (exact) mass is 630 g/mol. The number of hydrogen-bond donors (Lipinski definition) is 0. The minimum Gasteiger partial charge on any atom is -0.490 e. The number of carbonyl (C=O) groups is 2. The lowest BCUT2D eigenvalue weighted by atomic mass is 10.1. The highest BCUT2D eigenvalue weighted by atomic mass is 127. The number of nitro groups is 1. The number of ether oxygens (including phenoxy) is 2. The zero-order chi connectivity index (χ0) is 26.5. The quantitative estimate of drug-likeness (QED) is 0.112. The Morgan fingerprint density at radius 1 is 1.05 bits per heavy atom. The summed E-state index contributed by atoms with van der Waals surface area (Å²) in [7, 11) is 0. The Kier molecular flexibility index (Phi) is 8.49. The first-order valence-electron chi connectivity index (χ1n) is 11.4. The van der Waals surface area contributed by atoms with Crippen LogP contribution in [0.1, 0.15) is 29.2 Å². The molecule has 0 saturated carbocycles. The molecule has 0 unspecified atom stereocenters. The fourth-order valence-electron chi connectivity index (χ4n) is 3.72. The Morgan fingerprint density at radius 3 is 2.49 bits per heavy atom. The van der Waals surface area contributed by atoms with E-state index in [1.54, 1.807) is 24.3 Å². The molecule has 0 bridgehead atoms. The van der Waals surface area contributed by atoms with Gasteiger partial charge in [-0.3, -0.25) is 24.6 Å². The van der Waals surface area contributed by atoms with Crippen LogP contribution in [0.3, 0.4) is 0 Å². The van der Waals surface area contributed by atoms with E-state index in [0.717, 1.165) is 32.0 Å². The lowest BCUT2D eigenvalue weighted by molar-refractivity contribution is -0.384. The van der Waals surface area contributed by atoms with Gasteiger partial charge < -0.3 is 9.47 Å². The highest BCUT2D eigenvalue weighted by Gasteiger charge is 2.35. The Bertz CT molecular complexity index is 1390. The molecule has 1 aliphatic heterocycles. The van der Waals surface area contributed by atoms with E-state index in [0.29, 0.717) is 28.6 Å². The molecule has 190 valence electrons. The first kappa shape index (κ1) is 26.7. The smallest absolute Gasteiger partial charge is 0.293 e. The number of hydrogen-bond acceptors (Lipinski definition) is 7. The minimum atomic E-state index is -0.448. The van der Waals surface area contributed by atoms with Gasteiger partial charge in [0.05, 0.1) is 26.6 Å². The Labute approximate surface area is 231 Å². The third-order valence-electron chi connectivity index (χ3n) is 5.46. The van der Waals surface area contributed by atoms with Crippen molar-refractivity contribution < 1.29 is 24.0 Å². The van der Waals surface area contributed by atoms with Crippen LogP contribution >= 0.6 is 34.4 Å². The van der Waals surface area contributed by atoms with E-state index in [9.17, 15) is 19.7 Å². The summed E-state index contributed by atoms with van der Waals surface area (Å²) in [6.45, 7) is 4.65. The summed E-state index contributed by atoms with van der Waals surface area (Å²) in [4.78, 5) is 37.6. The summed E-state index contributed by atoms with van der Waals surface area (Å²) < 4.78 is 12.6. The van der Waals surface area contributed by atoms with Crippen molar-refractivity contribution in [3.8, 4) is 11.5 Å². The van der Waals surface area contributed by atoms with Crippen molar-refractivity contribution in [2.45, 2.75) is 27.0 Å². The van der Waals surface area contributed by atoms with Gasteiger partial charge in [-0.2, -0.15) is 0 Å². The molecule has 0 spiro atoms. The molecule has 0 atom stereocenters. The van der Waals surface area contributed by atoms with Crippen molar-refractivity contribution in [3.63, 3.8) is 0 Å². The number of benzene rings is 3. The predicted octanol–water partition coefficient (Wildman–Crippen LogP) is 6.72. The number of rotatable bonds is 9. The minimum absolute atomic E-state index is 0.0148. The number of amides is 2. The topological polar surface area (TPSA) is 99.0 Å². The number of non-ortho nitro benzene ring substituents is 1. The van der Waals surface area contributed by atoms with E-state index in [-0.39, 0.29) is 30.0 Å². The van der Waals surface area contributed by atoms with E-state index in [1.165, 1.54) is 17.0 Å². The van der Waals surface area contributed by atoms with Gasteiger partial charge in [0.25, 0.3) is 16.8 Å². The molecule has 3 aromatic carbocycles. The summed E-state index contributed by atoms with van der Waals surface area (Å²) >= 11 is 3.05. The maximum atomic E-state index is 13.0. The molecule has 1 heterocycles. The number of aryl methyl sites for hydroxylation is 1. The van der Waals surface area contributed by atoms with Crippen molar-refractivity contribution in [1.82, 2.24) is 4.90 Å². The standard InChI is InChI=1S/C27H23IN2O6S/c1-3-35-23-13-20(12-22(28)25(23)36-16-18-7-9-21(10-8-18)30(33)34)14-24-26(31)29(27(32)37-24)15-19-6-4-5-17(2)11-19/h4-14H,3,15-16H2,1-2H3/b24-14-. The molecule has 1 saturated heterocycles. The molecular weight excluding hydrogens is 607 g/mol. The Morgan fingerprint density at radius 2 is 1.81 bits per heavy atom. The third-order valence-corrected chi connectivity index (χ3v) is 7.17. The van der Waals surface area contributed by atoms with Gasteiger partial charge in [-0.25, -0.2) is 0 Å². The van der Waals surface area contributed by atoms with Gasteiger partial charge in [0.2, 0.25) is 0 Å². The summed E-state index contributed by atoms with van der Waals surface area (Å²) in [6, 6.07) is 17.5. The third kappa shape index (κ3) is 6.50. The highest BCUT2D eigenvalue weighted by Crippen LogP contribution is 2.38. The maximum Gasteiger partial charge on any atom is 0.293 e. The van der Waals surface area contributed by atoms with E-state index in [1.807, 2.05) is 44.2 Å².